The molecule has 3 fully saturated rings. The minimum absolute atomic E-state index is 0.0129. The Bertz CT molecular complexity index is 424. The van der Waals surface area contributed by atoms with E-state index in [0.29, 0.717) is 5.92 Å². The predicted octanol–water partition coefficient (Wildman–Crippen LogP) is 6.10. The molecule has 4 heteroatoms. The fraction of sp³-hybridized carbons (Fsp3) is 0.913. The molecule has 1 saturated carbocycles. The summed E-state index contributed by atoms with van der Waals surface area (Å²) in [5, 5.41) is 0. The molecule has 27 heavy (non-hydrogen) atoms. The van der Waals surface area contributed by atoms with Gasteiger partial charge in [0.1, 0.15) is 5.76 Å². The van der Waals surface area contributed by atoms with Crippen molar-refractivity contribution in [2.24, 2.45) is 5.92 Å². The van der Waals surface area contributed by atoms with E-state index in [2.05, 4.69) is 13.0 Å². The number of hydrogen-bond donors (Lipinski definition) is 0. The molecule has 0 bridgehead atoms. The summed E-state index contributed by atoms with van der Waals surface area (Å²) in [7, 11) is 0. The standard InChI is InChI=1S/C23H40O4/c1-2-3-4-5-6-13-20(26-22-15-7-9-17-24-22)19-12-11-14-21(19)27-23-16-8-10-18-25-23/h13,19,21-23H,2-12,14-18H2,1H3/t19-,21+,22?,23?/m0/s1. The fourth-order valence-corrected chi connectivity index (χ4v) is 4.49. The van der Waals surface area contributed by atoms with Crippen molar-refractivity contribution >= 4 is 0 Å². The van der Waals surface area contributed by atoms with Gasteiger partial charge in [-0.1, -0.05) is 32.6 Å². The molecule has 0 radical (unpaired) electrons. The Labute approximate surface area is 166 Å². The highest BCUT2D eigenvalue weighted by molar-refractivity contribution is 5.05. The number of ether oxygens (including phenoxy) is 4. The SMILES string of the molecule is CCCCCCC=C(OC1CCCCO1)[C@@H]1CCC[C@H]1OC1CCCCO1. The molecule has 0 N–H and O–H groups in total. The first-order chi connectivity index (χ1) is 13.4. The molecule has 3 aliphatic rings. The molecule has 2 unspecified atom stereocenters. The number of allylic oxidation sites excluding steroid dienone is 1. The van der Waals surface area contributed by atoms with Crippen molar-refractivity contribution in [2.45, 2.75) is 115 Å². The molecule has 0 aromatic rings. The summed E-state index contributed by atoms with van der Waals surface area (Å²) in [6.45, 7) is 3.93. The van der Waals surface area contributed by atoms with Gasteiger partial charge in [0.15, 0.2) is 12.6 Å². The van der Waals surface area contributed by atoms with Gasteiger partial charge in [-0.05, 0) is 63.9 Å². The van der Waals surface area contributed by atoms with Gasteiger partial charge in [0.2, 0.25) is 0 Å². The smallest absolute Gasteiger partial charge is 0.199 e. The van der Waals surface area contributed by atoms with Crippen LogP contribution in [0.2, 0.25) is 0 Å². The van der Waals surface area contributed by atoms with Crippen molar-refractivity contribution < 1.29 is 18.9 Å². The molecular formula is C23H40O4. The van der Waals surface area contributed by atoms with E-state index in [1.807, 2.05) is 0 Å². The number of rotatable bonds is 10. The van der Waals surface area contributed by atoms with E-state index in [1.165, 1.54) is 51.4 Å². The van der Waals surface area contributed by atoms with Gasteiger partial charge in [-0.25, -0.2) is 0 Å². The fourth-order valence-electron chi connectivity index (χ4n) is 4.49. The summed E-state index contributed by atoms with van der Waals surface area (Å²) < 4.78 is 24.5. The molecule has 3 rings (SSSR count). The Hall–Kier alpha value is -0.580. The van der Waals surface area contributed by atoms with Crippen LogP contribution in [0.15, 0.2) is 11.8 Å². The van der Waals surface area contributed by atoms with Gasteiger partial charge in [-0.15, -0.1) is 0 Å². The minimum Gasteiger partial charge on any atom is -0.469 e. The monoisotopic (exact) mass is 380 g/mol. The third-order valence-corrected chi connectivity index (χ3v) is 6.09. The zero-order valence-corrected chi connectivity index (χ0v) is 17.3. The Morgan fingerprint density at radius 3 is 2.33 bits per heavy atom. The van der Waals surface area contributed by atoms with E-state index in [4.69, 9.17) is 18.9 Å². The Kier molecular flexibility index (Phi) is 9.46. The normalized spacial score (nSPS) is 32.6. The van der Waals surface area contributed by atoms with Crippen molar-refractivity contribution in [3.63, 3.8) is 0 Å². The Morgan fingerprint density at radius 2 is 1.63 bits per heavy atom. The third-order valence-electron chi connectivity index (χ3n) is 6.09. The van der Waals surface area contributed by atoms with E-state index in [1.54, 1.807) is 0 Å². The molecule has 4 atom stereocenters. The highest BCUT2D eigenvalue weighted by Gasteiger charge is 2.35. The van der Waals surface area contributed by atoms with Crippen LogP contribution in [0.5, 0.6) is 0 Å². The maximum Gasteiger partial charge on any atom is 0.199 e. The molecule has 156 valence electrons. The van der Waals surface area contributed by atoms with Crippen LogP contribution in [-0.4, -0.2) is 31.9 Å². The summed E-state index contributed by atoms with van der Waals surface area (Å²) >= 11 is 0. The lowest BCUT2D eigenvalue weighted by Crippen LogP contribution is -2.32. The first kappa shape index (κ1) is 21.1. The summed E-state index contributed by atoms with van der Waals surface area (Å²) in [4.78, 5) is 0. The second kappa shape index (κ2) is 12.1. The average molecular weight is 381 g/mol. The third kappa shape index (κ3) is 7.07. The quantitative estimate of drug-likeness (QED) is 0.339. The summed E-state index contributed by atoms with van der Waals surface area (Å²) in [6.07, 6.45) is 19.0. The summed E-state index contributed by atoms with van der Waals surface area (Å²) in [5.41, 5.74) is 0. The van der Waals surface area contributed by atoms with E-state index in [0.717, 1.165) is 57.5 Å². The van der Waals surface area contributed by atoms with Gasteiger partial charge in [0.25, 0.3) is 0 Å². The van der Waals surface area contributed by atoms with E-state index >= 15 is 0 Å². The molecule has 4 nitrogen and oxygen atoms in total. The van der Waals surface area contributed by atoms with Crippen LogP contribution in [0.25, 0.3) is 0 Å². The molecule has 0 aromatic heterocycles. The van der Waals surface area contributed by atoms with E-state index in [-0.39, 0.29) is 18.7 Å². The van der Waals surface area contributed by atoms with Gasteiger partial charge in [0, 0.05) is 18.9 Å². The molecule has 0 amide bonds. The van der Waals surface area contributed by atoms with Gasteiger partial charge < -0.3 is 18.9 Å². The first-order valence-electron chi connectivity index (χ1n) is 11.6. The predicted molar refractivity (Wildman–Crippen MR) is 107 cm³/mol. The van der Waals surface area contributed by atoms with Gasteiger partial charge >= 0.3 is 0 Å². The van der Waals surface area contributed by atoms with Crippen LogP contribution >= 0.6 is 0 Å². The molecule has 0 aromatic carbocycles. The van der Waals surface area contributed by atoms with E-state index < -0.39 is 0 Å². The van der Waals surface area contributed by atoms with Crippen molar-refractivity contribution in [2.75, 3.05) is 13.2 Å². The van der Waals surface area contributed by atoms with Crippen LogP contribution in [0.4, 0.5) is 0 Å². The zero-order chi connectivity index (χ0) is 18.7. The molecule has 0 spiro atoms. The van der Waals surface area contributed by atoms with Crippen LogP contribution in [0.1, 0.15) is 96.8 Å². The second-order valence-corrected chi connectivity index (χ2v) is 8.38. The lowest BCUT2D eigenvalue weighted by atomic mass is 10.0. The maximum absolute atomic E-state index is 6.42. The van der Waals surface area contributed by atoms with Crippen LogP contribution in [0, 0.1) is 5.92 Å². The highest BCUT2D eigenvalue weighted by atomic mass is 16.7. The molecular weight excluding hydrogens is 340 g/mol. The lowest BCUT2D eigenvalue weighted by molar-refractivity contribution is -0.199. The van der Waals surface area contributed by atoms with Crippen molar-refractivity contribution in [1.82, 2.24) is 0 Å². The number of unbranched alkanes of at least 4 members (excludes halogenated alkanes) is 4. The van der Waals surface area contributed by atoms with Crippen LogP contribution in [0.3, 0.4) is 0 Å². The zero-order valence-electron chi connectivity index (χ0n) is 17.3. The number of hydrogen-bond acceptors (Lipinski definition) is 4. The van der Waals surface area contributed by atoms with Gasteiger partial charge in [0.05, 0.1) is 12.7 Å². The highest BCUT2D eigenvalue weighted by Crippen LogP contribution is 2.37. The molecule has 2 heterocycles. The molecule has 2 aliphatic heterocycles. The van der Waals surface area contributed by atoms with Crippen molar-refractivity contribution in [3.05, 3.63) is 11.8 Å². The van der Waals surface area contributed by atoms with Gasteiger partial charge in [-0.2, -0.15) is 0 Å². The maximum atomic E-state index is 6.42. The lowest BCUT2D eigenvalue weighted by Gasteiger charge is -2.32. The Morgan fingerprint density at radius 1 is 0.852 bits per heavy atom. The average Bonchev–Trinajstić information content (AvgIpc) is 3.16. The van der Waals surface area contributed by atoms with Crippen LogP contribution in [-0.2, 0) is 18.9 Å². The second-order valence-electron chi connectivity index (χ2n) is 8.38. The van der Waals surface area contributed by atoms with Crippen molar-refractivity contribution in [1.29, 1.82) is 0 Å². The van der Waals surface area contributed by atoms with Gasteiger partial charge in [-0.3, -0.25) is 0 Å². The summed E-state index contributed by atoms with van der Waals surface area (Å²) in [6, 6.07) is 0. The first-order valence-corrected chi connectivity index (χ1v) is 11.6. The van der Waals surface area contributed by atoms with Crippen molar-refractivity contribution in [3.8, 4) is 0 Å². The molecule has 1 aliphatic carbocycles. The largest absolute Gasteiger partial charge is 0.469 e. The topological polar surface area (TPSA) is 36.9 Å². The Balaban J connectivity index is 1.58. The van der Waals surface area contributed by atoms with Crippen LogP contribution < -0.4 is 0 Å². The van der Waals surface area contributed by atoms with E-state index in [9.17, 15) is 0 Å². The minimum atomic E-state index is -0.0622. The molecule has 2 saturated heterocycles. The summed E-state index contributed by atoms with van der Waals surface area (Å²) in [5.74, 6) is 1.50.